The van der Waals surface area contributed by atoms with Crippen LogP contribution in [0.3, 0.4) is 0 Å². The summed E-state index contributed by atoms with van der Waals surface area (Å²) in [4.78, 5) is 8.05. The summed E-state index contributed by atoms with van der Waals surface area (Å²) in [6, 6.07) is 9.59. The predicted molar refractivity (Wildman–Crippen MR) is 60.8 cm³/mol. The van der Waals surface area contributed by atoms with E-state index in [-0.39, 0.29) is 0 Å². The maximum Gasteiger partial charge on any atom is 0.268 e. The summed E-state index contributed by atoms with van der Waals surface area (Å²) >= 11 is 0. The minimum atomic E-state index is 0.372. The Morgan fingerprint density at radius 2 is 1.71 bits per heavy atom. The van der Waals surface area contributed by atoms with Gasteiger partial charge < -0.3 is 4.42 Å². The van der Waals surface area contributed by atoms with E-state index in [4.69, 9.17) is 4.42 Å². The van der Waals surface area contributed by atoms with Crippen molar-refractivity contribution in [2.45, 2.75) is 0 Å². The predicted octanol–water partition coefficient (Wildman–Crippen LogP) is 2.19. The van der Waals surface area contributed by atoms with Gasteiger partial charge in [0, 0.05) is 18.0 Å². The van der Waals surface area contributed by atoms with Crippen molar-refractivity contribution in [2.24, 2.45) is 0 Å². The van der Waals surface area contributed by atoms with Gasteiger partial charge in [-0.15, -0.1) is 10.2 Å². The SMILES string of the molecule is c1ccc(-c2nnc(-c3cnccn3)o2)cc1. The van der Waals surface area contributed by atoms with Crippen LogP contribution < -0.4 is 0 Å². The molecule has 82 valence electrons. The summed E-state index contributed by atoms with van der Waals surface area (Å²) in [6.45, 7) is 0. The van der Waals surface area contributed by atoms with Crippen LogP contribution in [0.5, 0.6) is 0 Å². The van der Waals surface area contributed by atoms with Gasteiger partial charge in [0.25, 0.3) is 5.89 Å². The lowest BCUT2D eigenvalue weighted by molar-refractivity contribution is 0.581. The van der Waals surface area contributed by atoms with Gasteiger partial charge >= 0.3 is 0 Å². The lowest BCUT2D eigenvalue weighted by Gasteiger charge is -1.92. The third-order valence-corrected chi connectivity index (χ3v) is 2.23. The van der Waals surface area contributed by atoms with E-state index >= 15 is 0 Å². The molecule has 1 aromatic carbocycles. The molecule has 3 aromatic rings. The van der Waals surface area contributed by atoms with E-state index in [0.717, 1.165) is 5.56 Å². The van der Waals surface area contributed by atoms with Crippen LogP contribution in [0.4, 0.5) is 0 Å². The molecule has 0 N–H and O–H groups in total. The summed E-state index contributed by atoms with van der Waals surface area (Å²) < 4.78 is 5.53. The number of rotatable bonds is 2. The summed E-state index contributed by atoms with van der Waals surface area (Å²) in [5.41, 5.74) is 1.46. The van der Waals surface area contributed by atoms with E-state index in [2.05, 4.69) is 20.2 Å². The van der Waals surface area contributed by atoms with Gasteiger partial charge in [-0.25, -0.2) is 4.98 Å². The molecule has 0 saturated carbocycles. The molecule has 0 fully saturated rings. The molecule has 0 radical (unpaired) electrons. The second-order valence-corrected chi connectivity index (χ2v) is 3.37. The van der Waals surface area contributed by atoms with E-state index in [1.54, 1.807) is 18.6 Å². The van der Waals surface area contributed by atoms with E-state index < -0.39 is 0 Å². The summed E-state index contributed by atoms with van der Waals surface area (Å²) in [7, 11) is 0. The average molecular weight is 224 g/mol. The molecule has 0 aliphatic rings. The second-order valence-electron chi connectivity index (χ2n) is 3.37. The fourth-order valence-electron chi connectivity index (χ4n) is 1.43. The molecule has 17 heavy (non-hydrogen) atoms. The van der Waals surface area contributed by atoms with E-state index in [9.17, 15) is 0 Å². The Labute approximate surface area is 97.2 Å². The number of benzene rings is 1. The smallest absolute Gasteiger partial charge is 0.268 e. The van der Waals surface area contributed by atoms with Crippen LogP contribution in [0.2, 0.25) is 0 Å². The maximum atomic E-state index is 5.53. The molecular formula is C12H8N4O. The fraction of sp³-hybridized carbons (Fsp3) is 0. The van der Waals surface area contributed by atoms with E-state index in [1.165, 1.54) is 0 Å². The number of hydrogen-bond donors (Lipinski definition) is 0. The molecule has 5 nitrogen and oxygen atoms in total. The summed E-state index contributed by atoms with van der Waals surface area (Å²) in [5, 5.41) is 7.92. The number of aromatic nitrogens is 4. The van der Waals surface area contributed by atoms with Crippen molar-refractivity contribution in [3.05, 3.63) is 48.9 Å². The Morgan fingerprint density at radius 1 is 0.882 bits per heavy atom. The highest BCUT2D eigenvalue weighted by molar-refractivity contribution is 5.54. The Morgan fingerprint density at radius 3 is 2.47 bits per heavy atom. The lowest BCUT2D eigenvalue weighted by Crippen LogP contribution is -1.83. The number of hydrogen-bond acceptors (Lipinski definition) is 5. The van der Waals surface area contributed by atoms with Crippen LogP contribution in [0.15, 0.2) is 53.3 Å². The van der Waals surface area contributed by atoms with E-state index in [0.29, 0.717) is 17.5 Å². The first-order valence-electron chi connectivity index (χ1n) is 5.09. The van der Waals surface area contributed by atoms with Gasteiger partial charge in [-0.3, -0.25) is 4.98 Å². The zero-order valence-electron chi connectivity index (χ0n) is 8.82. The zero-order chi connectivity index (χ0) is 11.5. The van der Waals surface area contributed by atoms with E-state index in [1.807, 2.05) is 30.3 Å². The second kappa shape index (κ2) is 4.13. The average Bonchev–Trinajstić information content (AvgIpc) is 2.90. The first kappa shape index (κ1) is 9.65. The molecule has 0 spiro atoms. The quantitative estimate of drug-likeness (QED) is 0.667. The van der Waals surface area contributed by atoms with Gasteiger partial charge in [0.05, 0.1) is 6.20 Å². The molecular weight excluding hydrogens is 216 g/mol. The zero-order valence-corrected chi connectivity index (χ0v) is 8.82. The van der Waals surface area contributed by atoms with Crippen LogP contribution in [0.25, 0.3) is 23.0 Å². The van der Waals surface area contributed by atoms with Crippen LogP contribution in [-0.2, 0) is 0 Å². The minimum absolute atomic E-state index is 0.372. The van der Waals surface area contributed by atoms with Crippen molar-refractivity contribution in [3.8, 4) is 23.0 Å². The third-order valence-electron chi connectivity index (χ3n) is 2.23. The van der Waals surface area contributed by atoms with Crippen LogP contribution >= 0.6 is 0 Å². The van der Waals surface area contributed by atoms with Gasteiger partial charge in [0.1, 0.15) is 5.69 Å². The Balaban J connectivity index is 1.99. The third kappa shape index (κ3) is 1.90. The largest absolute Gasteiger partial charge is 0.415 e. The van der Waals surface area contributed by atoms with Crippen LogP contribution in [-0.4, -0.2) is 20.2 Å². The molecule has 0 saturated heterocycles. The highest BCUT2D eigenvalue weighted by atomic mass is 16.4. The van der Waals surface area contributed by atoms with Crippen molar-refractivity contribution >= 4 is 0 Å². The summed E-state index contributed by atoms with van der Waals surface area (Å²) in [6.07, 6.45) is 4.77. The molecule has 2 aromatic heterocycles. The maximum absolute atomic E-state index is 5.53. The molecule has 5 heteroatoms. The Kier molecular flexibility index (Phi) is 2.34. The van der Waals surface area contributed by atoms with Crippen LogP contribution in [0, 0.1) is 0 Å². The molecule has 3 rings (SSSR count). The van der Waals surface area contributed by atoms with Crippen molar-refractivity contribution in [2.75, 3.05) is 0 Å². The molecule has 0 bridgehead atoms. The normalized spacial score (nSPS) is 10.4. The summed E-state index contributed by atoms with van der Waals surface area (Å²) in [5.74, 6) is 0.850. The van der Waals surface area contributed by atoms with Gasteiger partial charge in [-0.1, -0.05) is 18.2 Å². The molecule has 0 unspecified atom stereocenters. The van der Waals surface area contributed by atoms with Gasteiger partial charge in [-0.2, -0.15) is 0 Å². The molecule has 0 aliphatic heterocycles. The van der Waals surface area contributed by atoms with Gasteiger partial charge in [0.2, 0.25) is 5.89 Å². The Bertz CT molecular complexity index is 553. The standard InChI is InChI=1S/C12H8N4O/c1-2-4-9(5-3-1)11-15-16-12(17-11)10-8-13-6-7-14-10/h1-8H. The number of nitrogens with zero attached hydrogens (tertiary/aromatic N) is 4. The van der Waals surface area contributed by atoms with Crippen molar-refractivity contribution in [1.29, 1.82) is 0 Å². The van der Waals surface area contributed by atoms with Crippen LogP contribution in [0.1, 0.15) is 0 Å². The Hall–Kier alpha value is -2.56. The molecule has 2 heterocycles. The lowest BCUT2D eigenvalue weighted by atomic mass is 10.2. The minimum Gasteiger partial charge on any atom is -0.415 e. The van der Waals surface area contributed by atoms with Crippen molar-refractivity contribution < 1.29 is 4.42 Å². The monoisotopic (exact) mass is 224 g/mol. The first-order valence-corrected chi connectivity index (χ1v) is 5.09. The highest BCUT2D eigenvalue weighted by Crippen LogP contribution is 2.21. The van der Waals surface area contributed by atoms with Gasteiger partial charge in [-0.05, 0) is 12.1 Å². The highest BCUT2D eigenvalue weighted by Gasteiger charge is 2.10. The molecule has 0 atom stereocenters. The van der Waals surface area contributed by atoms with Crippen molar-refractivity contribution in [1.82, 2.24) is 20.2 Å². The van der Waals surface area contributed by atoms with Gasteiger partial charge in [0.15, 0.2) is 0 Å². The fourth-order valence-corrected chi connectivity index (χ4v) is 1.43. The van der Waals surface area contributed by atoms with Crippen molar-refractivity contribution in [3.63, 3.8) is 0 Å². The molecule has 0 aliphatic carbocycles. The first-order chi connectivity index (χ1) is 8.43. The topological polar surface area (TPSA) is 64.7 Å². The molecule has 0 amide bonds.